The van der Waals surface area contributed by atoms with Crippen molar-refractivity contribution in [3.63, 3.8) is 0 Å². The van der Waals surface area contributed by atoms with Crippen LogP contribution in [0.1, 0.15) is 58.1 Å². The first-order chi connectivity index (χ1) is 9.35. The molecule has 1 saturated heterocycles. The molecular formula is C18H29NO. The topological polar surface area (TPSA) is 23.5 Å². The van der Waals surface area contributed by atoms with E-state index >= 15 is 0 Å². The molecule has 1 heterocycles. The van der Waals surface area contributed by atoms with Crippen LogP contribution in [0.15, 0.2) is 24.3 Å². The van der Waals surface area contributed by atoms with Gasteiger partial charge in [-0.3, -0.25) is 0 Å². The van der Waals surface area contributed by atoms with Crippen LogP contribution in [0.2, 0.25) is 0 Å². The summed E-state index contributed by atoms with van der Waals surface area (Å²) in [6.45, 7) is 12.1. The Morgan fingerprint density at radius 2 is 1.75 bits per heavy atom. The smallest absolute Gasteiger partial charge is 0.0909 e. The van der Waals surface area contributed by atoms with Crippen LogP contribution in [0.25, 0.3) is 0 Å². The van der Waals surface area contributed by atoms with Gasteiger partial charge in [0.25, 0.3) is 0 Å². The predicted octanol–water partition coefficient (Wildman–Crippen LogP) is 3.68. The van der Waals surface area contributed by atoms with E-state index in [4.69, 9.17) is 0 Å². The third-order valence-corrected chi connectivity index (χ3v) is 4.64. The van der Waals surface area contributed by atoms with Crippen LogP contribution >= 0.6 is 0 Å². The number of nitrogens with zero attached hydrogens (tertiary/aromatic N) is 1. The summed E-state index contributed by atoms with van der Waals surface area (Å²) in [7, 11) is 0. The number of hydrogen-bond acceptors (Lipinski definition) is 2. The van der Waals surface area contributed by atoms with Crippen molar-refractivity contribution in [1.29, 1.82) is 0 Å². The lowest BCUT2D eigenvalue weighted by molar-refractivity contribution is 0.0213. The van der Waals surface area contributed by atoms with Crippen LogP contribution in [0.5, 0.6) is 0 Å². The highest BCUT2D eigenvalue weighted by atomic mass is 16.3. The van der Waals surface area contributed by atoms with Crippen molar-refractivity contribution in [2.24, 2.45) is 0 Å². The van der Waals surface area contributed by atoms with Gasteiger partial charge in [0.1, 0.15) is 0 Å². The Balaban J connectivity index is 2.17. The summed E-state index contributed by atoms with van der Waals surface area (Å²) in [5, 5.41) is 11.0. The molecule has 1 atom stereocenters. The van der Waals surface area contributed by atoms with Crippen LogP contribution in [0, 0.1) is 0 Å². The van der Waals surface area contributed by atoms with Gasteiger partial charge in [0.15, 0.2) is 0 Å². The molecule has 0 aromatic heterocycles. The normalized spacial score (nSPS) is 25.4. The standard InChI is InChI=1S/C18H29NO/c1-5-19-13-6-11-18(20,12-14-19)16-9-7-15(8-10-16)17(2,3)4/h7-10,20H,5-6,11-14H2,1-4H3. The van der Waals surface area contributed by atoms with E-state index in [0.29, 0.717) is 0 Å². The molecule has 0 saturated carbocycles. The fraction of sp³-hybridized carbons (Fsp3) is 0.667. The van der Waals surface area contributed by atoms with Crippen molar-refractivity contribution < 1.29 is 5.11 Å². The molecule has 0 aliphatic carbocycles. The number of rotatable bonds is 2. The van der Waals surface area contributed by atoms with E-state index in [2.05, 4.69) is 56.9 Å². The highest BCUT2D eigenvalue weighted by Crippen LogP contribution is 2.34. The molecular weight excluding hydrogens is 246 g/mol. The average Bonchev–Trinajstić information content (AvgIpc) is 2.61. The Bertz CT molecular complexity index is 432. The van der Waals surface area contributed by atoms with Gasteiger partial charge >= 0.3 is 0 Å². The zero-order valence-electron chi connectivity index (χ0n) is 13.4. The first-order valence-corrected chi connectivity index (χ1v) is 7.91. The predicted molar refractivity (Wildman–Crippen MR) is 85.0 cm³/mol. The van der Waals surface area contributed by atoms with Crippen molar-refractivity contribution in [2.75, 3.05) is 19.6 Å². The van der Waals surface area contributed by atoms with Gasteiger partial charge in [-0.05, 0) is 48.9 Å². The fourth-order valence-corrected chi connectivity index (χ4v) is 3.06. The molecule has 0 amide bonds. The van der Waals surface area contributed by atoms with E-state index in [1.165, 1.54) is 5.56 Å². The Hall–Kier alpha value is -0.860. The monoisotopic (exact) mass is 275 g/mol. The Morgan fingerprint density at radius 3 is 2.30 bits per heavy atom. The molecule has 20 heavy (non-hydrogen) atoms. The second kappa shape index (κ2) is 5.87. The third-order valence-electron chi connectivity index (χ3n) is 4.64. The van der Waals surface area contributed by atoms with E-state index in [1.54, 1.807) is 0 Å². The van der Waals surface area contributed by atoms with E-state index in [-0.39, 0.29) is 5.41 Å². The number of likely N-dealkylation sites (tertiary alicyclic amines) is 1. The minimum Gasteiger partial charge on any atom is -0.385 e. The molecule has 1 aromatic rings. The molecule has 1 aliphatic rings. The quantitative estimate of drug-likeness (QED) is 0.890. The van der Waals surface area contributed by atoms with Gasteiger partial charge in [0.2, 0.25) is 0 Å². The molecule has 2 rings (SSSR count). The molecule has 2 nitrogen and oxygen atoms in total. The lowest BCUT2D eigenvalue weighted by atomic mass is 9.82. The number of aliphatic hydroxyl groups is 1. The van der Waals surface area contributed by atoms with Crippen molar-refractivity contribution in [3.8, 4) is 0 Å². The summed E-state index contributed by atoms with van der Waals surface area (Å²) >= 11 is 0. The van der Waals surface area contributed by atoms with E-state index in [0.717, 1.165) is 44.5 Å². The van der Waals surface area contributed by atoms with Crippen molar-refractivity contribution in [3.05, 3.63) is 35.4 Å². The lowest BCUT2D eigenvalue weighted by Crippen LogP contribution is -2.29. The van der Waals surface area contributed by atoms with Crippen LogP contribution in [0.3, 0.4) is 0 Å². The second-order valence-electron chi connectivity index (χ2n) is 7.15. The largest absolute Gasteiger partial charge is 0.385 e. The van der Waals surface area contributed by atoms with E-state index in [1.807, 2.05) is 0 Å². The molecule has 0 radical (unpaired) electrons. The molecule has 1 aromatic carbocycles. The first-order valence-electron chi connectivity index (χ1n) is 7.91. The van der Waals surface area contributed by atoms with Gasteiger partial charge < -0.3 is 10.0 Å². The molecule has 1 unspecified atom stereocenters. The summed E-state index contributed by atoms with van der Waals surface area (Å²) in [5.74, 6) is 0. The first kappa shape index (κ1) is 15.5. The fourth-order valence-electron chi connectivity index (χ4n) is 3.06. The van der Waals surface area contributed by atoms with Crippen molar-refractivity contribution in [1.82, 2.24) is 4.90 Å². The zero-order chi connectivity index (χ0) is 14.8. The van der Waals surface area contributed by atoms with Crippen LogP contribution in [-0.4, -0.2) is 29.6 Å². The Kier molecular flexibility index (Phi) is 4.55. The van der Waals surface area contributed by atoms with Gasteiger partial charge in [-0.2, -0.15) is 0 Å². The summed E-state index contributed by atoms with van der Waals surface area (Å²) < 4.78 is 0. The van der Waals surface area contributed by atoms with E-state index in [9.17, 15) is 5.11 Å². The van der Waals surface area contributed by atoms with Gasteiger partial charge in [-0.25, -0.2) is 0 Å². The van der Waals surface area contributed by atoms with Gasteiger partial charge in [0, 0.05) is 6.54 Å². The minimum absolute atomic E-state index is 0.170. The molecule has 0 bridgehead atoms. The maximum atomic E-state index is 11.0. The average molecular weight is 275 g/mol. The molecule has 0 spiro atoms. The Labute approximate surface area is 123 Å². The summed E-state index contributed by atoms with van der Waals surface area (Å²) in [4.78, 5) is 2.43. The second-order valence-corrected chi connectivity index (χ2v) is 7.15. The van der Waals surface area contributed by atoms with Crippen molar-refractivity contribution in [2.45, 2.75) is 58.0 Å². The van der Waals surface area contributed by atoms with Crippen LogP contribution < -0.4 is 0 Å². The lowest BCUT2D eigenvalue weighted by Gasteiger charge is -2.28. The zero-order valence-corrected chi connectivity index (χ0v) is 13.4. The summed E-state index contributed by atoms with van der Waals surface area (Å²) in [5.41, 5.74) is 1.95. The van der Waals surface area contributed by atoms with Crippen molar-refractivity contribution >= 4 is 0 Å². The highest BCUT2D eigenvalue weighted by molar-refractivity contribution is 5.31. The molecule has 1 N–H and O–H groups in total. The SMILES string of the molecule is CCN1CCCC(O)(c2ccc(C(C)(C)C)cc2)CC1. The molecule has 112 valence electrons. The molecule has 1 aliphatic heterocycles. The Morgan fingerprint density at radius 1 is 1.10 bits per heavy atom. The highest BCUT2D eigenvalue weighted by Gasteiger charge is 2.31. The van der Waals surface area contributed by atoms with Gasteiger partial charge in [0.05, 0.1) is 5.60 Å². The van der Waals surface area contributed by atoms with Gasteiger partial charge in [-0.1, -0.05) is 52.0 Å². The van der Waals surface area contributed by atoms with Gasteiger partial charge in [-0.15, -0.1) is 0 Å². The summed E-state index contributed by atoms with van der Waals surface area (Å²) in [6, 6.07) is 8.61. The van der Waals surface area contributed by atoms with E-state index < -0.39 is 5.60 Å². The number of benzene rings is 1. The number of hydrogen-bond donors (Lipinski definition) is 1. The summed E-state index contributed by atoms with van der Waals surface area (Å²) in [6.07, 6.45) is 2.79. The minimum atomic E-state index is -0.639. The van der Waals surface area contributed by atoms with Crippen LogP contribution in [-0.2, 0) is 11.0 Å². The molecule has 1 fully saturated rings. The third kappa shape index (κ3) is 3.42. The molecule has 2 heteroatoms. The van der Waals surface area contributed by atoms with Crippen LogP contribution in [0.4, 0.5) is 0 Å². The maximum absolute atomic E-state index is 11.0. The maximum Gasteiger partial charge on any atom is 0.0909 e.